The molecule has 0 saturated heterocycles. The van der Waals surface area contributed by atoms with Gasteiger partial charge in [0.1, 0.15) is 5.60 Å². The number of aliphatic carboxylic acids is 4. The average molecular weight is 416 g/mol. The summed E-state index contributed by atoms with van der Waals surface area (Å²) in [6.07, 6.45) is -2.72. The molecule has 0 amide bonds. The van der Waals surface area contributed by atoms with E-state index in [1.165, 1.54) is 0 Å². The van der Waals surface area contributed by atoms with E-state index < -0.39 is 50.1 Å². The van der Waals surface area contributed by atoms with Crippen LogP contribution in [0.5, 0.6) is 0 Å². The number of carbonyl (C=O) groups excluding carboxylic acids is 3. The number of hydrogen-bond donors (Lipinski definition) is 5. The smallest absolute Gasteiger partial charge is 0.550 e. The SMILES string of the molecule is CC(=O)O.O=C([O-])CC(O)(CC(=O)[O-])C(=O)[O-].O=P(O)(O)O.[Na+].[Na+].[Na+]. The van der Waals surface area contributed by atoms with Gasteiger partial charge in [0, 0.05) is 31.7 Å². The number of aliphatic hydroxyl groups is 1. The maximum Gasteiger partial charge on any atom is 1.00 e. The molecular formula is C8H12Na3O13P. The Morgan fingerprint density at radius 1 is 0.880 bits per heavy atom. The molecule has 0 atom stereocenters. The molecule has 0 bridgehead atoms. The van der Waals surface area contributed by atoms with Gasteiger partial charge in [-0.3, -0.25) is 4.79 Å². The van der Waals surface area contributed by atoms with Gasteiger partial charge in [0.25, 0.3) is 5.97 Å². The predicted molar refractivity (Wildman–Crippen MR) is 56.8 cm³/mol. The molecule has 0 heterocycles. The summed E-state index contributed by atoms with van der Waals surface area (Å²) in [6, 6.07) is 0. The van der Waals surface area contributed by atoms with Crippen LogP contribution in [0.3, 0.4) is 0 Å². The van der Waals surface area contributed by atoms with Crippen LogP contribution in [-0.4, -0.2) is 54.4 Å². The van der Waals surface area contributed by atoms with Gasteiger partial charge in [-0.25, -0.2) is 4.57 Å². The first-order valence-corrected chi connectivity index (χ1v) is 6.39. The number of carboxylic acid groups (broad SMARTS) is 4. The Hall–Kier alpha value is 0.950. The minimum absolute atomic E-state index is 0. The van der Waals surface area contributed by atoms with E-state index in [0.29, 0.717) is 0 Å². The molecule has 0 aliphatic carbocycles. The molecule has 25 heavy (non-hydrogen) atoms. The van der Waals surface area contributed by atoms with E-state index in [-0.39, 0.29) is 88.7 Å². The van der Waals surface area contributed by atoms with Crippen LogP contribution in [0.25, 0.3) is 0 Å². The summed E-state index contributed by atoms with van der Waals surface area (Å²) in [5.74, 6) is -6.82. The Kier molecular flexibility index (Phi) is 32.0. The Morgan fingerprint density at radius 2 is 1.04 bits per heavy atom. The fraction of sp³-hybridized carbons (Fsp3) is 0.500. The van der Waals surface area contributed by atoms with Gasteiger partial charge in [0.2, 0.25) is 0 Å². The van der Waals surface area contributed by atoms with Crippen LogP contribution >= 0.6 is 7.82 Å². The molecule has 130 valence electrons. The van der Waals surface area contributed by atoms with Crippen LogP contribution in [-0.2, 0) is 23.7 Å². The third-order valence-electron chi connectivity index (χ3n) is 1.25. The van der Waals surface area contributed by atoms with Gasteiger partial charge in [-0.05, 0) is 0 Å². The zero-order valence-electron chi connectivity index (χ0n) is 13.9. The first kappa shape index (κ1) is 40.6. The van der Waals surface area contributed by atoms with Crippen molar-refractivity contribution in [3.05, 3.63) is 0 Å². The summed E-state index contributed by atoms with van der Waals surface area (Å²) >= 11 is 0. The number of carboxylic acids is 4. The van der Waals surface area contributed by atoms with E-state index in [2.05, 4.69) is 0 Å². The zero-order chi connectivity index (χ0) is 18.7. The Labute approximate surface area is 207 Å². The topological polar surface area (TPSA) is 256 Å². The molecule has 0 saturated carbocycles. The number of phosphoric acid groups is 1. The summed E-state index contributed by atoms with van der Waals surface area (Å²) in [5, 5.41) is 46.3. The second kappa shape index (κ2) is 19.7. The van der Waals surface area contributed by atoms with Crippen molar-refractivity contribution in [3.8, 4) is 0 Å². The fourth-order valence-corrected chi connectivity index (χ4v) is 0.684. The molecule has 0 radical (unpaired) electrons. The van der Waals surface area contributed by atoms with Crippen molar-refractivity contribution in [2.75, 3.05) is 0 Å². The molecule has 0 aliphatic rings. The zero-order valence-corrected chi connectivity index (χ0v) is 20.8. The first-order valence-electron chi connectivity index (χ1n) is 4.82. The van der Waals surface area contributed by atoms with E-state index in [1.54, 1.807) is 0 Å². The number of carbonyl (C=O) groups is 4. The van der Waals surface area contributed by atoms with Crippen molar-refractivity contribution in [2.24, 2.45) is 0 Å². The van der Waals surface area contributed by atoms with Crippen LogP contribution in [0.1, 0.15) is 19.8 Å². The standard InChI is InChI=1S/C6H8O7.C2H4O2.3Na.H3O4P/c7-3(8)1-6(13,5(11)12)2-4(9)10;1-2(3)4;;;;1-5(2,3)4/h13H,1-2H2,(H,7,8)(H,9,10)(H,11,12);1H3,(H,3,4);;;;(H3,1,2,3,4)/q;;3*+1;/p-3. The fourth-order valence-electron chi connectivity index (χ4n) is 0.684. The monoisotopic (exact) mass is 416 g/mol. The summed E-state index contributed by atoms with van der Waals surface area (Å²) in [5.41, 5.74) is -2.97. The van der Waals surface area contributed by atoms with Gasteiger partial charge in [-0.1, -0.05) is 0 Å². The molecular weight excluding hydrogens is 404 g/mol. The van der Waals surface area contributed by atoms with Crippen LogP contribution in [0, 0.1) is 0 Å². The second-order valence-corrected chi connectivity index (χ2v) is 4.48. The molecule has 0 aromatic rings. The van der Waals surface area contributed by atoms with E-state index in [1.807, 2.05) is 0 Å². The Morgan fingerprint density at radius 3 is 1.12 bits per heavy atom. The van der Waals surface area contributed by atoms with Gasteiger partial charge in [-0.15, -0.1) is 0 Å². The van der Waals surface area contributed by atoms with Crippen LogP contribution in [0.15, 0.2) is 0 Å². The third kappa shape index (κ3) is 45.7. The molecule has 0 spiro atoms. The van der Waals surface area contributed by atoms with Gasteiger partial charge < -0.3 is 54.6 Å². The summed E-state index contributed by atoms with van der Waals surface area (Å²) in [7, 11) is -4.64. The van der Waals surface area contributed by atoms with Gasteiger partial charge in [0.05, 0.1) is 5.97 Å². The largest absolute Gasteiger partial charge is 1.00 e. The van der Waals surface area contributed by atoms with E-state index in [0.717, 1.165) is 6.92 Å². The number of rotatable bonds is 5. The van der Waals surface area contributed by atoms with Crippen molar-refractivity contribution in [2.45, 2.75) is 25.4 Å². The Balaban J connectivity index is -0.0000000638. The maximum absolute atomic E-state index is 10.1. The van der Waals surface area contributed by atoms with Crippen molar-refractivity contribution in [1.29, 1.82) is 0 Å². The summed E-state index contributed by atoms with van der Waals surface area (Å²) < 4.78 is 8.88. The molecule has 0 aliphatic heterocycles. The molecule has 0 fully saturated rings. The van der Waals surface area contributed by atoms with Crippen LogP contribution in [0.4, 0.5) is 0 Å². The van der Waals surface area contributed by atoms with E-state index >= 15 is 0 Å². The van der Waals surface area contributed by atoms with Crippen molar-refractivity contribution in [3.63, 3.8) is 0 Å². The van der Waals surface area contributed by atoms with Gasteiger partial charge >= 0.3 is 96.5 Å². The third-order valence-corrected chi connectivity index (χ3v) is 1.25. The molecule has 0 rings (SSSR count). The molecule has 0 unspecified atom stereocenters. The normalized spacial score (nSPS) is 9.00. The van der Waals surface area contributed by atoms with Crippen molar-refractivity contribution >= 4 is 31.7 Å². The molecule has 13 nitrogen and oxygen atoms in total. The minimum Gasteiger partial charge on any atom is -0.550 e. The minimum atomic E-state index is -4.64. The van der Waals surface area contributed by atoms with Crippen LogP contribution in [0.2, 0.25) is 0 Å². The van der Waals surface area contributed by atoms with Gasteiger partial charge in [0.15, 0.2) is 0 Å². The van der Waals surface area contributed by atoms with Crippen molar-refractivity contribution in [1.82, 2.24) is 0 Å². The second-order valence-electron chi connectivity index (χ2n) is 3.45. The molecule has 0 aromatic carbocycles. The molecule has 17 heteroatoms. The predicted octanol–water partition coefficient (Wildman–Crippen LogP) is -15.1. The summed E-state index contributed by atoms with van der Waals surface area (Å²) in [4.78, 5) is 60.6. The van der Waals surface area contributed by atoms with E-state index in [9.17, 15) is 29.7 Å². The van der Waals surface area contributed by atoms with Crippen LogP contribution < -0.4 is 104 Å². The maximum atomic E-state index is 10.1. The quantitative estimate of drug-likeness (QED) is 0.206. The van der Waals surface area contributed by atoms with Gasteiger partial charge in [-0.2, -0.15) is 0 Å². The Bertz CT molecular complexity index is 434. The number of hydrogen-bond acceptors (Lipinski definition) is 9. The summed E-state index contributed by atoms with van der Waals surface area (Å²) in [6.45, 7) is 1.08. The van der Waals surface area contributed by atoms with Crippen molar-refractivity contribution < 1.29 is 153 Å². The first-order chi connectivity index (χ1) is 9.51. The molecule has 0 aromatic heterocycles. The molecule has 5 N–H and O–H groups in total. The van der Waals surface area contributed by atoms with E-state index in [4.69, 9.17) is 34.3 Å². The average Bonchev–Trinajstić information content (AvgIpc) is 2.09.